The van der Waals surface area contributed by atoms with Gasteiger partial charge in [-0.2, -0.15) is 0 Å². The van der Waals surface area contributed by atoms with Crippen LogP contribution in [0.25, 0.3) is 0 Å². The normalized spacial score (nSPS) is 18.4. The van der Waals surface area contributed by atoms with E-state index in [1.165, 1.54) is 4.90 Å². The van der Waals surface area contributed by atoms with Gasteiger partial charge in [-0.3, -0.25) is 14.7 Å². The number of likely N-dealkylation sites (tertiary alicyclic amines) is 1. The zero-order valence-electron chi connectivity index (χ0n) is 10.8. The molecule has 1 N–H and O–H groups in total. The minimum absolute atomic E-state index is 0.0590. The van der Waals surface area contributed by atoms with Crippen molar-refractivity contribution in [3.05, 3.63) is 24.5 Å². The third-order valence-electron chi connectivity index (χ3n) is 3.34. The van der Waals surface area contributed by atoms with Crippen molar-refractivity contribution in [1.29, 1.82) is 0 Å². The molecule has 0 bridgehead atoms. The van der Waals surface area contributed by atoms with Crippen LogP contribution in [-0.4, -0.2) is 47.1 Å². The molecule has 0 spiro atoms. The molecule has 1 atom stereocenters. The molecule has 102 valence electrons. The number of hydrogen-bond acceptors (Lipinski definition) is 3. The van der Waals surface area contributed by atoms with Crippen molar-refractivity contribution in [3.63, 3.8) is 0 Å². The number of rotatable bonds is 3. The van der Waals surface area contributed by atoms with Gasteiger partial charge in [-0.15, -0.1) is 0 Å². The molecule has 1 saturated heterocycles. The second-order valence-corrected chi connectivity index (χ2v) is 4.75. The van der Waals surface area contributed by atoms with Crippen molar-refractivity contribution in [1.82, 2.24) is 9.88 Å². The maximum atomic E-state index is 12.3. The Kier molecular flexibility index (Phi) is 3.99. The number of carboxylic acids is 1. The number of aliphatic carboxylic acids is 1. The Bertz CT molecular complexity index is 463. The second kappa shape index (κ2) is 5.69. The smallest absolute Gasteiger partial charge is 0.324 e. The first kappa shape index (κ1) is 13.3. The van der Waals surface area contributed by atoms with Gasteiger partial charge in [-0.05, 0) is 24.5 Å². The lowest BCUT2D eigenvalue weighted by atomic mass is 10.1. The minimum atomic E-state index is -0.806. The number of carboxylic acid groups (broad SMARTS) is 1. The fourth-order valence-electron chi connectivity index (χ4n) is 2.29. The summed E-state index contributed by atoms with van der Waals surface area (Å²) >= 11 is 0. The van der Waals surface area contributed by atoms with E-state index in [-0.39, 0.29) is 18.4 Å². The molecule has 1 aliphatic heterocycles. The van der Waals surface area contributed by atoms with Gasteiger partial charge in [0.05, 0.1) is 11.9 Å². The van der Waals surface area contributed by atoms with Crippen molar-refractivity contribution in [2.24, 2.45) is 5.92 Å². The Morgan fingerprint density at radius 3 is 3.00 bits per heavy atom. The molecule has 2 rings (SSSR count). The van der Waals surface area contributed by atoms with E-state index in [0.29, 0.717) is 13.1 Å². The molecule has 1 fully saturated rings. The number of aromatic nitrogens is 1. The van der Waals surface area contributed by atoms with Crippen LogP contribution in [0.4, 0.5) is 10.5 Å². The number of amides is 2. The van der Waals surface area contributed by atoms with E-state index in [1.807, 2.05) is 6.07 Å². The maximum absolute atomic E-state index is 12.3. The number of carbonyl (C=O) groups excluding carboxylic acids is 1. The monoisotopic (exact) mass is 263 g/mol. The molecule has 6 heteroatoms. The zero-order valence-corrected chi connectivity index (χ0v) is 10.8. The van der Waals surface area contributed by atoms with E-state index in [9.17, 15) is 9.59 Å². The van der Waals surface area contributed by atoms with Gasteiger partial charge in [-0.25, -0.2) is 4.79 Å². The van der Waals surface area contributed by atoms with Crippen LogP contribution >= 0.6 is 0 Å². The Balaban J connectivity index is 1.96. The van der Waals surface area contributed by atoms with Crippen molar-refractivity contribution in [2.45, 2.75) is 12.8 Å². The molecule has 2 amide bonds. The highest BCUT2D eigenvalue weighted by Crippen LogP contribution is 2.22. The van der Waals surface area contributed by atoms with Crippen LogP contribution in [0, 0.1) is 5.92 Å². The van der Waals surface area contributed by atoms with Gasteiger partial charge in [0.25, 0.3) is 0 Å². The molecule has 0 radical (unpaired) electrons. The summed E-state index contributed by atoms with van der Waals surface area (Å²) in [6.45, 7) is 1.12. The number of urea groups is 1. The minimum Gasteiger partial charge on any atom is -0.481 e. The van der Waals surface area contributed by atoms with Crippen LogP contribution < -0.4 is 4.90 Å². The summed E-state index contributed by atoms with van der Waals surface area (Å²) in [5, 5.41) is 8.76. The van der Waals surface area contributed by atoms with Crippen molar-refractivity contribution >= 4 is 17.7 Å². The highest BCUT2D eigenvalue weighted by Gasteiger charge is 2.29. The Morgan fingerprint density at radius 1 is 1.58 bits per heavy atom. The summed E-state index contributed by atoms with van der Waals surface area (Å²) in [4.78, 5) is 30.1. The van der Waals surface area contributed by atoms with E-state index < -0.39 is 5.97 Å². The van der Waals surface area contributed by atoms with Gasteiger partial charge < -0.3 is 10.0 Å². The molecule has 19 heavy (non-hydrogen) atoms. The Morgan fingerprint density at radius 2 is 2.37 bits per heavy atom. The van der Waals surface area contributed by atoms with Crippen LogP contribution in [0.5, 0.6) is 0 Å². The standard InChI is InChI=1S/C13H17N3O3/c1-15(11-3-2-5-14-8-11)13(19)16-6-4-10(9-16)7-12(17)18/h2-3,5,8,10H,4,6-7,9H2,1H3,(H,17,18). The molecule has 0 aromatic carbocycles. The molecular weight excluding hydrogens is 246 g/mol. The molecule has 1 aromatic heterocycles. The quantitative estimate of drug-likeness (QED) is 0.895. The fourth-order valence-corrected chi connectivity index (χ4v) is 2.29. The van der Waals surface area contributed by atoms with Crippen molar-refractivity contribution < 1.29 is 14.7 Å². The molecule has 0 saturated carbocycles. The zero-order chi connectivity index (χ0) is 13.8. The SMILES string of the molecule is CN(C(=O)N1CCC(CC(=O)O)C1)c1cccnc1. The van der Waals surface area contributed by atoms with Gasteiger partial charge in [0.15, 0.2) is 0 Å². The highest BCUT2D eigenvalue weighted by atomic mass is 16.4. The van der Waals surface area contributed by atoms with Crippen molar-refractivity contribution in [3.8, 4) is 0 Å². The third-order valence-corrected chi connectivity index (χ3v) is 3.34. The fraction of sp³-hybridized carbons (Fsp3) is 0.462. The van der Waals surface area contributed by atoms with Gasteiger partial charge in [0.1, 0.15) is 0 Å². The lowest BCUT2D eigenvalue weighted by Gasteiger charge is -2.24. The lowest BCUT2D eigenvalue weighted by Crippen LogP contribution is -2.40. The van der Waals surface area contributed by atoms with Crippen LogP contribution in [-0.2, 0) is 4.79 Å². The third kappa shape index (κ3) is 3.21. The summed E-state index contributed by atoms with van der Waals surface area (Å²) in [6.07, 6.45) is 4.16. The van der Waals surface area contributed by atoms with Gasteiger partial charge in [0, 0.05) is 32.8 Å². The Labute approximate surface area is 111 Å². The number of hydrogen-bond donors (Lipinski definition) is 1. The lowest BCUT2D eigenvalue weighted by molar-refractivity contribution is -0.138. The van der Waals surface area contributed by atoms with Crippen LogP contribution in [0.2, 0.25) is 0 Å². The topological polar surface area (TPSA) is 73.7 Å². The maximum Gasteiger partial charge on any atom is 0.324 e. The molecule has 2 heterocycles. The predicted octanol–water partition coefficient (Wildman–Crippen LogP) is 1.43. The number of pyridine rings is 1. The average molecular weight is 263 g/mol. The summed E-state index contributed by atoms with van der Waals surface area (Å²) < 4.78 is 0. The first-order valence-electron chi connectivity index (χ1n) is 6.22. The molecule has 0 aliphatic carbocycles. The number of nitrogens with zero attached hydrogens (tertiary/aromatic N) is 3. The molecule has 1 aliphatic rings. The molecule has 6 nitrogen and oxygen atoms in total. The summed E-state index contributed by atoms with van der Waals surface area (Å²) in [6, 6.07) is 3.48. The van der Waals surface area contributed by atoms with Crippen LogP contribution in [0.1, 0.15) is 12.8 Å². The summed E-state index contributed by atoms with van der Waals surface area (Å²) in [5.41, 5.74) is 0.731. The number of carbonyl (C=O) groups is 2. The predicted molar refractivity (Wildman–Crippen MR) is 70.0 cm³/mol. The van der Waals surface area contributed by atoms with Gasteiger partial charge in [0.2, 0.25) is 0 Å². The first-order chi connectivity index (χ1) is 9.08. The molecule has 1 unspecified atom stereocenters. The average Bonchev–Trinajstić information content (AvgIpc) is 2.85. The van der Waals surface area contributed by atoms with E-state index in [1.54, 1.807) is 30.4 Å². The van der Waals surface area contributed by atoms with E-state index in [2.05, 4.69) is 4.98 Å². The van der Waals surface area contributed by atoms with E-state index >= 15 is 0 Å². The molecular formula is C13H17N3O3. The largest absolute Gasteiger partial charge is 0.481 e. The van der Waals surface area contributed by atoms with Crippen molar-refractivity contribution in [2.75, 3.05) is 25.0 Å². The van der Waals surface area contributed by atoms with E-state index in [0.717, 1.165) is 12.1 Å². The van der Waals surface area contributed by atoms with Crippen LogP contribution in [0.3, 0.4) is 0 Å². The first-order valence-corrected chi connectivity index (χ1v) is 6.22. The second-order valence-electron chi connectivity index (χ2n) is 4.75. The Hall–Kier alpha value is -2.11. The molecule has 1 aromatic rings. The number of anilines is 1. The van der Waals surface area contributed by atoms with E-state index in [4.69, 9.17) is 5.11 Å². The summed E-state index contributed by atoms with van der Waals surface area (Å²) in [7, 11) is 1.70. The summed E-state index contributed by atoms with van der Waals surface area (Å²) in [5.74, 6) is -0.747. The highest BCUT2D eigenvalue weighted by molar-refractivity contribution is 5.91. The van der Waals surface area contributed by atoms with Gasteiger partial charge >= 0.3 is 12.0 Å². The van der Waals surface area contributed by atoms with Gasteiger partial charge in [-0.1, -0.05) is 0 Å². The van der Waals surface area contributed by atoms with Crippen LogP contribution in [0.15, 0.2) is 24.5 Å².